The second kappa shape index (κ2) is 3.04. The van der Waals surface area contributed by atoms with Gasteiger partial charge in [0, 0.05) is 11.5 Å². The van der Waals surface area contributed by atoms with E-state index in [1.807, 2.05) is 30.3 Å². The summed E-state index contributed by atoms with van der Waals surface area (Å²) in [6, 6.07) is 9.48. The molecule has 2 rings (SSSR count). The summed E-state index contributed by atoms with van der Waals surface area (Å²) in [4.78, 5) is 0. The maximum Gasteiger partial charge on any atom is 0.232 e. The average molecular weight is 182 g/mol. The fraction of sp³-hybridized carbons (Fsp3) is 0.333. The van der Waals surface area contributed by atoms with Crippen molar-refractivity contribution in [3.8, 4) is 0 Å². The Kier molecular flexibility index (Phi) is 2.03. The molecule has 1 heterocycles. The molecule has 1 fully saturated rings. The normalized spacial score (nSPS) is 29.0. The summed E-state index contributed by atoms with van der Waals surface area (Å²) < 4.78 is 17.3. The maximum absolute atomic E-state index is 12.0. The fourth-order valence-corrected chi connectivity index (χ4v) is 3.54. The molecule has 64 valence electrons. The van der Waals surface area contributed by atoms with Crippen LogP contribution in [0.25, 0.3) is 0 Å². The van der Waals surface area contributed by atoms with Crippen molar-refractivity contribution in [2.75, 3.05) is 12.8 Å². The first kappa shape index (κ1) is 8.03. The molecule has 2 nitrogen and oxygen atoms in total. The van der Waals surface area contributed by atoms with E-state index in [1.54, 1.807) is 0 Å². The third kappa shape index (κ3) is 1.33. The number of hydrogen-bond donors (Lipinski definition) is 0. The van der Waals surface area contributed by atoms with Crippen LogP contribution in [0, 0.1) is 0 Å². The minimum atomic E-state index is -2.42. The van der Waals surface area contributed by atoms with Gasteiger partial charge in [-0.15, -0.1) is 0 Å². The van der Waals surface area contributed by atoms with Crippen LogP contribution >= 0.6 is 7.37 Å². The molecule has 1 aromatic carbocycles. The molecule has 0 saturated carbocycles. The Labute approximate surface area is 72.0 Å². The topological polar surface area (TPSA) is 26.3 Å². The highest BCUT2D eigenvalue weighted by atomic mass is 31.2. The lowest BCUT2D eigenvalue weighted by Gasteiger charge is -2.09. The van der Waals surface area contributed by atoms with Crippen molar-refractivity contribution in [1.29, 1.82) is 0 Å². The van der Waals surface area contributed by atoms with Gasteiger partial charge in [-0.25, -0.2) is 0 Å². The van der Waals surface area contributed by atoms with Gasteiger partial charge in [0.1, 0.15) is 0 Å². The minimum Gasteiger partial charge on any atom is -0.325 e. The van der Waals surface area contributed by atoms with Gasteiger partial charge in [0.25, 0.3) is 0 Å². The predicted octanol–water partition coefficient (Wildman–Crippen LogP) is 2.01. The zero-order valence-electron chi connectivity index (χ0n) is 6.77. The summed E-state index contributed by atoms with van der Waals surface area (Å²) in [7, 11) is -2.42. The van der Waals surface area contributed by atoms with Crippen LogP contribution in [-0.2, 0) is 9.09 Å². The molecule has 1 aliphatic rings. The summed E-state index contributed by atoms with van der Waals surface area (Å²) in [5.41, 5.74) is 0. The molecule has 0 amide bonds. The van der Waals surface area contributed by atoms with Crippen LogP contribution in [0.5, 0.6) is 0 Å². The molecular formula is C9H11O2P. The lowest BCUT2D eigenvalue weighted by Crippen LogP contribution is -2.03. The molecule has 1 atom stereocenters. The van der Waals surface area contributed by atoms with E-state index in [0.29, 0.717) is 12.8 Å². The third-order valence-electron chi connectivity index (χ3n) is 2.05. The van der Waals surface area contributed by atoms with Gasteiger partial charge in [-0.2, -0.15) is 0 Å². The van der Waals surface area contributed by atoms with Crippen LogP contribution in [0.15, 0.2) is 30.3 Å². The summed E-state index contributed by atoms with van der Waals surface area (Å²) in [5.74, 6) is 0. The third-order valence-corrected chi connectivity index (χ3v) is 4.64. The Balaban J connectivity index is 2.36. The van der Waals surface area contributed by atoms with Crippen LogP contribution in [0.3, 0.4) is 0 Å². The first-order chi connectivity index (χ1) is 5.81. The van der Waals surface area contributed by atoms with E-state index >= 15 is 0 Å². The van der Waals surface area contributed by atoms with Gasteiger partial charge < -0.3 is 4.52 Å². The molecule has 0 aromatic heterocycles. The largest absolute Gasteiger partial charge is 0.325 e. The molecule has 0 bridgehead atoms. The molecule has 0 N–H and O–H groups in total. The molecule has 1 aliphatic heterocycles. The van der Waals surface area contributed by atoms with Crippen LogP contribution in [-0.4, -0.2) is 12.8 Å². The monoisotopic (exact) mass is 182 g/mol. The van der Waals surface area contributed by atoms with Crippen LogP contribution in [0.1, 0.15) is 6.42 Å². The van der Waals surface area contributed by atoms with E-state index in [0.717, 1.165) is 11.7 Å². The first-order valence-electron chi connectivity index (χ1n) is 4.10. The van der Waals surface area contributed by atoms with Crippen molar-refractivity contribution < 1.29 is 9.09 Å². The zero-order valence-corrected chi connectivity index (χ0v) is 7.67. The van der Waals surface area contributed by atoms with Crippen LogP contribution < -0.4 is 5.30 Å². The molecule has 1 saturated heterocycles. The van der Waals surface area contributed by atoms with Crippen molar-refractivity contribution in [2.45, 2.75) is 6.42 Å². The average Bonchev–Trinajstić information content (AvgIpc) is 2.55. The smallest absolute Gasteiger partial charge is 0.232 e. The second-order valence-electron chi connectivity index (χ2n) is 2.92. The molecular weight excluding hydrogens is 171 g/mol. The molecule has 1 aromatic rings. The van der Waals surface area contributed by atoms with E-state index in [1.165, 1.54) is 0 Å². The first-order valence-corrected chi connectivity index (χ1v) is 5.91. The van der Waals surface area contributed by atoms with Gasteiger partial charge in [0.2, 0.25) is 7.37 Å². The van der Waals surface area contributed by atoms with E-state index in [-0.39, 0.29) is 0 Å². The van der Waals surface area contributed by atoms with Crippen LogP contribution in [0.4, 0.5) is 0 Å². The molecule has 3 heteroatoms. The Morgan fingerprint density at radius 3 is 2.58 bits per heavy atom. The van der Waals surface area contributed by atoms with Gasteiger partial charge >= 0.3 is 0 Å². The molecule has 1 unspecified atom stereocenters. The molecule has 12 heavy (non-hydrogen) atoms. The highest BCUT2D eigenvalue weighted by Crippen LogP contribution is 2.50. The Hall–Kier alpha value is -0.590. The summed E-state index contributed by atoms with van der Waals surface area (Å²) >= 11 is 0. The number of hydrogen-bond acceptors (Lipinski definition) is 2. The molecule has 0 aliphatic carbocycles. The van der Waals surface area contributed by atoms with Gasteiger partial charge in [-0.3, -0.25) is 4.57 Å². The molecule has 0 spiro atoms. The van der Waals surface area contributed by atoms with E-state index < -0.39 is 7.37 Å². The predicted molar refractivity (Wildman–Crippen MR) is 49.1 cm³/mol. The standard InChI is InChI=1S/C9H11O2P/c10-12(8-4-7-11-12)9-5-2-1-3-6-9/h1-3,5-6H,4,7-8H2. The van der Waals surface area contributed by atoms with Gasteiger partial charge in [-0.05, 0) is 18.6 Å². The van der Waals surface area contributed by atoms with E-state index in [9.17, 15) is 4.57 Å². The van der Waals surface area contributed by atoms with Crippen LogP contribution in [0.2, 0.25) is 0 Å². The van der Waals surface area contributed by atoms with Gasteiger partial charge in [-0.1, -0.05) is 18.2 Å². The quantitative estimate of drug-likeness (QED) is 0.621. The molecule has 0 radical (unpaired) electrons. The van der Waals surface area contributed by atoms with E-state index in [4.69, 9.17) is 4.52 Å². The van der Waals surface area contributed by atoms with Crippen molar-refractivity contribution in [2.24, 2.45) is 0 Å². The Morgan fingerprint density at radius 1 is 1.25 bits per heavy atom. The number of benzene rings is 1. The maximum atomic E-state index is 12.0. The summed E-state index contributed by atoms with van der Waals surface area (Å²) in [6.07, 6.45) is 1.63. The van der Waals surface area contributed by atoms with E-state index in [2.05, 4.69) is 0 Å². The zero-order chi connectivity index (χ0) is 8.44. The Morgan fingerprint density at radius 2 is 2.00 bits per heavy atom. The second-order valence-corrected chi connectivity index (χ2v) is 5.49. The Bertz CT molecular complexity index is 298. The summed E-state index contributed by atoms with van der Waals surface area (Å²) in [5, 5.41) is 0.863. The lowest BCUT2D eigenvalue weighted by molar-refractivity contribution is 0.357. The van der Waals surface area contributed by atoms with Crippen molar-refractivity contribution in [3.63, 3.8) is 0 Å². The van der Waals surface area contributed by atoms with Crippen molar-refractivity contribution in [3.05, 3.63) is 30.3 Å². The van der Waals surface area contributed by atoms with Gasteiger partial charge in [0.15, 0.2) is 0 Å². The SMILES string of the molecule is O=P1(c2ccccc2)CCCO1. The number of rotatable bonds is 1. The lowest BCUT2D eigenvalue weighted by atomic mass is 10.4. The van der Waals surface area contributed by atoms with Crippen molar-refractivity contribution in [1.82, 2.24) is 0 Å². The minimum absolute atomic E-state index is 0.645. The van der Waals surface area contributed by atoms with Crippen molar-refractivity contribution >= 4 is 12.7 Å². The highest BCUT2D eigenvalue weighted by Gasteiger charge is 2.29. The summed E-state index contributed by atoms with van der Waals surface area (Å²) in [6.45, 7) is 0.645. The van der Waals surface area contributed by atoms with Gasteiger partial charge in [0.05, 0.1) is 6.61 Å². The fourth-order valence-electron chi connectivity index (χ4n) is 1.41. The highest BCUT2D eigenvalue weighted by molar-refractivity contribution is 7.67.